The third kappa shape index (κ3) is 5.12. The van der Waals surface area contributed by atoms with Gasteiger partial charge in [-0.25, -0.2) is 9.99 Å². The molecule has 0 bridgehead atoms. The van der Waals surface area contributed by atoms with E-state index in [0.29, 0.717) is 21.6 Å². The zero-order valence-corrected chi connectivity index (χ0v) is 20.5. The van der Waals surface area contributed by atoms with E-state index < -0.39 is 0 Å². The van der Waals surface area contributed by atoms with E-state index in [0.717, 1.165) is 42.9 Å². The van der Waals surface area contributed by atoms with Gasteiger partial charge in [0.05, 0.1) is 10.7 Å². The first kappa shape index (κ1) is 24.6. The van der Waals surface area contributed by atoms with Gasteiger partial charge in [-0.3, -0.25) is 14.8 Å². The van der Waals surface area contributed by atoms with Crippen LogP contribution < -0.4 is 5.43 Å². The monoisotopic (exact) mass is 492 g/mol. The average molecular weight is 494 g/mol. The molecular weight excluding hydrogens is 467 g/mol. The molecule has 1 fully saturated rings. The summed E-state index contributed by atoms with van der Waals surface area (Å²) in [5, 5.41) is 3.23. The summed E-state index contributed by atoms with van der Waals surface area (Å²) in [6.07, 6.45) is 3.37. The van der Waals surface area contributed by atoms with Gasteiger partial charge in [0.15, 0.2) is 5.69 Å². The van der Waals surface area contributed by atoms with Crippen molar-refractivity contribution < 1.29 is 4.79 Å². The Kier molecular flexibility index (Phi) is 8.23. The molecule has 32 heavy (non-hydrogen) atoms. The molecule has 0 unspecified atom stereocenters. The van der Waals surface area contributed by atoms with Gasteiger partial charge in [-0.1, -0.05) is 55.6 Å². The number of hydrogen-bond donors (Lipinski definition) is 1. The molecule has 1 aliphatic heterocycles. The number of amides is 1. The van der Waals surface area contributed by atoms with Crippen LogP contribution in [0.3, 0.4) is 0 Å². The molecule has 1 aliphatic rings. The van der Waals surface area contributed by atoms with Crippen molar-refractivity contribution in [2.24, 2.45) is 0 Å². The van der Waals surface area contributed by atoms with Crippen molar-refractivity contribution in [2.45, 2.75) is 39.0 Å². The number of carbonyl (C=O) groups is 1. The van der Waals surface area contributed by atoms with E-state index in [2.05, 4.69) is 19.3 Å². The van der Waals surface area contributed by atoms with Crippen LogP contribution in [0.25, 0.3) is 17.1 Å². The van der Waals surface area contributed by atoms with Crippen molar-refractivity contribution in [3.05, 3.63) is 70.0 Å². The minimum atomic E-state index is -0.188. The normalized spacial score (nSPS) is 14.3. The number of benzene rings is 2. The maximum atomic E-state index is 13.3. The fourth-order valence-electron chi connectivity index (χ4n) is 4.01. The summed E-state index contributed by atoms with van der Waals surface area (Å²) in [5.74, 6) is 0.508. The number of carbonyl (C=O) groups excluding carboxylic acids is 1. The van der Waals surface area contributed by atoms with E-state index in [1.54, 1.807) is 0 Å². The van der Waals surface area contributed by atoms with Crippen molar-refractivity contribution in [1.82, 2.24) is 20.0 Å². The lowest BCUT2D eigenvalue weighted by molar-refractivity contribution is 0.0743. The maximum Gasteiger partial charge on any atom is 0.286 e. The van der Waals surface area contributed by atoms with Gasteiger partial charge in [0.25, 0.3) is 5.91 Å². The Morgan fingerprint density at radius 3 is 2.28 bits per heavy atom. The lowest BCUT2D eigenvalue weighted by Gasteiger charge is -2.26. The van der Waals surface area contributed by atoms with Crippen molar-refractivity contribution >= 4 is 41.5 Å². The Labute approximate surface area is 205 Å². The van der Waals surface area contributed by atoms with Gasteiger partial charge in [-0.2, -0.15) is 0 Å². The van der Waals surface area contributed by atoms with E-state index in [1.807, 2.05) is 58.1 Å². The van der Waals surface area contributed by atoms with Gasteiger partial charge in [0.2, 0.25) is 0 Å². The Hall–Kier alpha value is -2.05. The number of hydrazine groups is 1. The Morgan fingerprint density at radius 2 is 1.66 bits per heavy atom. The molecule has 4 rings (SSSR count). The van der Waals surface area contributed by atoms with E-state index in [9.17, 15) is 4.79 Å². The molecule has 2 aromatic carbocycles. The van der Waals surface area contributed by atoms with Crippen LogP contribution in [0.4, 0.5) is 0 Å². The number of nitrogens with zero attached hydrogens (tertiary/aromatic N) is 3. The predicted molar refractivity (Wildman–Crippen MR) is 133 cm³/mol. The molecule has 1 N–H and O–H groups in total. The average Bonchev–Trinajstić information content (AvgIpc) is 3.16. The second kappa shape index (κ2) is 10.7. The van der Waals surface area contributed by atoms with Gasteiger partial charge >= 0.3 is 0 Å². The lowest BCUT2D eigenvalue weighted by atomic mass is 10.1. The SMILES string of the molecule is CC(C)c1c(C(=O)NN2CCCCC2)nc(-c2ccccc2Cl)n1-c1ccc(Cl)cc1.Cl. The van der Waals surface area contributed by atoms with Crippen molar-refractivity contribution in [2.75, 3.05) is 13.1 Å². The van der Waals surface area contributed by atoms with E-state index in [-0.39, 0.29) is 24.2 Å². The highest BCUT2D eigenvalue weighted by molar-refractivity contribution is 6.33. The summed E-state index contributed by atoms with van der Waals surface area (Å²) < 4.78 is 2.02. The molecule has 0 spiro atoms. The van der Waals surface area contributed by atoms with Gasteiger partial charge in [-0.05, 0) is 55.2 Å². The van der Waals surface area contributed by atoms with Crippen LogP contribution >= 0.6 is 35.6 Å². The zero-order chi connectivity index (χ0) is 22.0. The molecule has 1 aromatic heterocycles. The molecule has 0 radical (unpaired) electrons. The lowest BCUT2D eigenvalue weighted by Crippen LogP contribution is -2.45. The maximum absolute atomic E-state index is 13.3. The van der Waals surface area contributed by atoms with Crippen molar-refractivity contribution in [1.29, 1.82) is 0 Å². The first-order valence-electron chi connectivity index (χ1n) is 10.6. The van der Waals surface area contributed by atoms with Gasteiger partial charge in [-0.15, -0.1) is 12.4 Å². The van der Waals surface area contributed by atoms with Crippen molar-refractivity contribution in [3.8, 4) is 17.1 Å². The predicted octanol–water partition coefficient (Wildman–Crippen LogP) is 6.52. The summed E-state index contributed by atoms with van der Waals surface area (Å²) in [6.45, 7) is 5.85. The molecule has 3 aromatic rings. The Balaban J connectivity index is 0.00000289. The third-order valence-corrected chi connectivity index (χ3v) is 6.07. The summed E-state index contributed by atoms with van der Waals surface area (Å²) in [7, 11) is 0. The van der Waals surface area contributed by atoms with Crippen LogP contribution in [-0.4, -0.2) is 33.6 Å². The standard InChI is InChI=1S/C24H26Cl2N4O.ClH/c1-16(2)22-21(24(31)28-29-14-6-3-7-15-29)27-23(19-8-4-5-9-20(19)26)30(22)18-12-10-17(25)11-13-18;/h4-5,8-13,16H,3,6-7,14-15H2,1-2H3,(H,28,31);1H. The fourth-order valence-corrected chi connectivity index (χ4v) is 4.36. The molecule has 8 heteroatoms. The molecule has 0 saturated carbocycles. The van der Waals surface area contributed by atoms with Crippen molar-refractivity contribution in [3.63, 3.8) is 0 Å². The number of nitrogens with one attached hydrogen (secondary N) is 1. The van der Waals surface area contributed by atoms with Crippen LogP contribution in [0.5, 0.6) is 0 Å². The number of aromatic nitrogens is 2. The second-order valence-electron chi connectivity index (χ2n) is 8.10. The highest BCUT2D eigenvalue weighted by Crippen LogP contribution is 2.34. The van der Waals surface area contributed by atoms with Crippen LogP contribution in [0.2, 0.25) is 10.0 Å². The van der Waals surface area contributed by atoms with E-state index >= 15 is 0 Å². The molecule has 1 saturated heterocycles. The van der Waals surface area contributed by atoms with Crippen LogP contribution in [0.15, 0.2) is 48.5 Å². The number of hydrogen-bond acceptors (Lipinski definition) is 3. The number of imidazole rings is 1. The first-order chi connectivity index (χ1) is 15.0. The molecular formula is C24H27Cl3N4O. The van der Waals surface area contributed by atoms with Crippen LogP contribution in [-0.2, 0) is 0 Å². The second-order valence-corrected chi connectivity index (χ2v) is 8.95. The smallest absolute Gasteiger partial charge is 0.286 e. The molecule has 2 heterocycles. The summed E-state index contributed by atoms with van der Waals surface area (Å²) in [6, 6.07) is 15.1. The third-order valence-electron chi connectivity index (χ3n) is 5.49. The zero-order valence-electron chi connectivity index (χ0n) is 18.1. The molecule has 0 atom stereocenters. The van der Waals surface area contributed by atoms with E-state index in [4.69, 9.17) is 28.2 Å². The van der Waals surface area contributed by atoms with Gasteiger partial charge < -0.3 is 0 Å². The molecule has 170 valence electrons. The largest absolute Gasteiger partial charge is 0.296 e. The highest BCUT2D eigenvalue weighted by Gasteiger charge is 2.28. The number of halogens is 3. The topological polar surface area (TPSA) is 50.2 Å². The minimum Gasteiger partial charge on any atom is -0.296 e. The highest BCUT2D eigenvalue weighted by atomic mass is 35.5. The fraction of sp³-hybridized carbons (Fsp3) is 0.333. The van der Waals surface area contributed by atoms with Gasteiger partial charge in [0, 0.05) is 29.4 Å². The summed E-state index contributed by atoms with van der Waals surface area (Å²) in [5.41, 5.74) is 5.98. The van der Waals surface area contributed by atoms with Crippen LogP contribution in [0.1, 0.15) is 55.2 Å². The summed E-state index contributed by atoms with van der Waals surface area (Å²) in [4.78, 5) is 18.2. The minimum absolute atomic E-state index is 0. The summed E-state index contributed by atoms with van der Waals surface area (Å²) >= 11 is 12.7. The van der Waals surface area contributed by atoms with Crippen LogP contribution in [0, 0.1) is 0 Å². The Morgan fingerprint density at radius 1 is 1.00 bits per heavy atom. The molecule has 5 nitrogen and oxygen atoms in total. The Bertz CT molecular complexity index is 1070. The van der Waals surface area contributed by atoms with Gasteiger partial charge in [0.1, 0.15) is 5.82 Å². The first-order valence-corrected chi connectivity index (χ1v) is 11.4. The number of rotatable bonds is 5. The quantitative estimate of drug-likeness (QED) is 0.440. The number of piperidine rings is 1. The van der Waals surface area contributed by atoms with E-state index in [1.165, 1.54) is 6.42 Å². The molecule has 1 amide bonds. The molecule has 0 aliphatic carbocycles.